The van der Waals surface area contributed by atoms with Crippen molar-refractivity contribution in [1.82, 2.24) is 15.5 Å². The lowest BCUT2D eigenvalue weighted by molar-refractivity contribution is -0.132. The summed E-state index contributed by atoms with van der Waals surface area (Å²) in [6.45, 7) is 0.873. The Morgan fingerprint density at radius 2 is 1.62 bits per heavy atom. The molecule has 6 atom stereocenters. The smallest absolute Gasteiger partial charge is 0.265 e. The summed E-state index contributed by atoms with van der Waals surface area (Å²) >= 11 is 5.52. The van der Waals surface area contributed by atoms with E-state index in [1.165, 1.54) is 57.8 Å². The monoisotopic (exact) mass is 415 g/mol. The molecule has 5 nitrogen and oxygen atoms in total. The van der Waals surface area contributed by atoms with Gasteiger partial charge in [-0.05, 0) is 61.6 Å². The second-order valence-electron chi connectivity index (χ2n) is 9.85. The number of nitrogens with zero attached hydrogens (tertiary/aromatic N) is 1. The summed E-state index contributed by atoms with van der Waals surface area (Å²) in [5.74, 6) is 1.63. The molecular weight excluding hydrogens is 382 g/mol. The van der Waals surface area contributed by atoms with Gasteiger partial charge in [-0.25, -0.2) is 0 Å². The number of fused-ring (bicyclic) bond motifs is 2. The van der Waals surface area contributed by atoms with Crippen LogP contribution < -0.4 is 10.6 Å². The minimum atomic E-state index is -0.300. The normalized spacial score (nSPS) is 41.9. The molecule has 3 saturated carbocycles. The van der Waals surface area contributed by atoms with Crippen LogP contribution in [0.15, 0.2) is 11.6 Å². The van der Waals surface area contributed by atoms with Gasteiger partial charge in [0.05, 0.1) is 0 Å². The highest BCUT2D eigenvalue weighted by Crippen LogP contribution is 2.43. The average Bonchev–Trinajstić information content (AvgIpc) is 3.14. The zero-order chi connectivity index (χ0) is 20.0. The fraction of sp³-hybridized carbons (Fsp3) is 0.783. The van der Waals surface area contributed by atoms with Gasteiger partial charge >= 0.3 is 0 Å². The number of thiocarbonyl (C=S) groups is 1. The molecule has 6 heteroatoms. The molecule has 0 bridgehead atoms. The van der Waals surface area contributed by atoms with E-state index in [-0.39, 0.29) is 23.8 Å². The van der Waals surface area contributed by atoms with Crippen molar-refractivity contribution in [2.24, 2.45) is 23.7 Å². The number of rotatable bonds is 2. The maximum absolute atomic E-state index is 13.6. The molecule has 2 N–H and O–H groups in total. The highest BCUT2D eigenvalue weighted by atomic mass is 32.1. The van der Waals surface area contributed by atoms with Gasteiger partial charge in [0, 0.05) is 18.6 Å². The largest absolute Gasteiger partial charge is 0.313 e. The number of carbonyl (C=O) groups is 2. The van der Waals surface area contributed by atoms with Gasteiger partial charge in [-0.3, -0.25) is 19.8 Å². The van der Waals surface area contributed by atoms with Crippen molar-refractivity contribution in [3.63, 3.8) is 0 Å². The number of hydrogen-bond acceptors (Lipinski definition) is 4. The van der Waals surface area contributed by atoms with Gasteiger partial charge in [0.2, 0.25) is 0 Å². The number of nitrogens with one attached hydrogen (secondary N) is 2. The Hall–Kier alpha value is -1.27. The van der Waals surface area contributed by atoms with E-state index in [2.05, 4.69) is 10.6 Å². The first-order chi connectivity index (χ1) is 14.1. The predicted octanol–water partition coefficient (Wildman–Crippen LogP) is 3.29. The maximum atomic E-state index is 13.6. The van der Waals surface area contributed by atoms with Gasteiger partial charge in [-0.1, -0.05) is 51.0 Å². The Bertz CT molecular complexity index is 734. The Labute approximate surface area is 179 Å². The second-order valence-corrected chi connectivity index (χ2v) is 10.2. The first-order valence-corrected chi connectivity index (χ1v) is 12.2. The zero-order valence-electron chi connectivity index (χ0n) is 17.2. The summed E-state index contributed by atoms with van der Waals surface area (Å²) in [5.41, 5.74) is 0.328. The van der Waals surface area contributed by atoms with E-state index < -0.39 is 0 Å². The molecule has 0 aromatic heterocycles. The average molecular weight is 416 g/mol. The molecule has 0 aromatic rings. The van der Waals surface area contributed by atoms with Crippen LogP contribution in [0.25, 0.3) is 0 Å². The van der Waals surface area contributed by atoms with Crippen LogP contribution in [-0.4, -0.2) is 40.5 Å². The van der Waals surface area contributed by atoms with Crippen molar-refractivity contribution >= 4 is 29.1 Å². The summed E-state index contributed by atoms with van der Waals surface area (Å²) < 4.78 is 0. The Morgan fingerprint density at radius 1 is 0.897 bits per heavy atom. The van der Waals surface area contributed by atoms with Crippen LogP contribution in [0, 0.1) is 23.7 Å². The molecule has 2 saturated heterocycles. The topological polar surface area (TPSA) is 61.4 Å². The quantitative estimate of drug-likeness (QED) is 0.413. The van der Waals surface area contributed by atoms with Crippen LogP contribution in [0.5, 0.6) is 0 Å². The molecule has 0 radical (unpaired) electrons. The molecule has 0 aromatic carbocycles. The zero-order valence-corrected chi connectivity index (χ0v) is 18.0. The molecule has 5 fully saturated rings. The molecule has 158 valence electrons. The third kappa shape index (κ3) is 3.56. The fourth-order valence-corrected chi connectivity index (χ4v) is 7.29. The van der Waals surface area contributed by atoms with Crippen LogP contribution >= 0.6 is 12.2 Å². The van der Waals surface area contributed by atoms with Crippen LogP contribution in [0.3, 0.4) is 0 Å². The summed E-state index contributed by atoms with van der Waals surface area (Å²) in [5, 5.41) is 6.81. The predicted molar refractivity (Wildman–Crippen MR) is 116 cm³/mol. The lowest BCUT2D eigenvalue weighted by atomic mass is 9.68. The summed E-state index contributed by atoms with van der Waals surface area (Å²) in [6.07, 6.45) is 15.4. The van der Waals surface area contributed by atoms with Crippen LogP contribution in [0.4, 0.5) is 0 Å². The SMILES string of the molecule is O=C1NC(=S)N(C2CCCC3CCCCC32)C(=O)/C1=C/C1CNC2CCCCC12. The minimum absolute atomic E-state index is 0.144. The van der Waals surface area contributed by atoms with Crippen molar-refractivity contribution in [2.75, 3.05) is 6.54 Å². The standard InChI is InChI=1S/C23H33N3O2S/c27-21-18(12-15-13-24-19-10-4-3-8-16(15)19)22(28)26(23(29)25-21)20-11-5-7-14-6-1-2-9-17(14)20/h12,14-17,19-20,24H,1-11,13H2,(H,25,27,29)/b18-12+. The molecule has 29 heavy (non-hydrogen) atoms. The lowest BCUT2D eigenvalue weighted by Crippen LogP contribution is -2.60. The van der Waals surface area contributed by atoms with Crippen molar-refractivity contribution in [3.05, 3.63) is 11.6 Å². The van der Waals surface area contributed by atoms with Crippen molar-refractivity contribution in [1.29, 1.82) is 0 Å². The van der Waals surface area contributed by atoms with Crippen molar-refractivity contribution in [2.45, 2.75) is 82.7 Å². The van der Waals surface area contributed by atoms with Gasteiger partial charge in [0.15, 0.2) is 5.11 Å². The first-order valence-electron chi connectivity index (χ1n) is 11.8. The molecular formula is C23H33N3O2S. The number of amides is 2. The Morgan fingerprint density at radius 3 is 2.48 bits per heavy atom. The van der Waals surface area contributed by atoms with Crippen molar-refractivity contribution < 1.29 is 9.59 Å². The molecule has 5 rings (SSSR count). The van der Waals surface area contributed by atoms with Gasteiger partial charge in [-0.15, -0.1) is 0 Å². The van der Waals surface area contributed by atoms with E-state index in [0.29, 0.717) is 34.5 Å². The van der Waals surface area contributed by atoms with Crippen molar-refractivity contribution in [3.8, 4) is 0 Å². The van der Waals surface area contributed by atoms with E-state index in [0.717, 1.165) is 19.4 Å². The molecule has 0 spiro atoms. The molecule has 3 aliphatic carbocycles. The highest BCUT2D eigenvalue weighted by molar-refractivity contribution is 7.80. The van der Waals surface area contributed by atoms with Crippen LogP contribution in [0.2, 0.25) is 0 Å². The third-order valence-corrected chi connectivity index (χ3v) is 8.67. The Balaban J connectivity index is 1.40. The summed E-state index contributed by atoms with van der Waals surface area (Å²) in [6, 6.07) is 0.702. The van der Waals surface area contributed by atoms with Gasteiger partial charge in [-0.2, -0.15) is 0 Å². The van der Waals surface area contributed by atoms with E-state index >= 15 is 0 Å². The summed E-state index contributed by atoms with van der Waals surface area (Å²) in [4.78, 5) is 28.1. The minimum Gasteiger partial charge on any atom is -0.313 e. The summed E-state index contributed by atoms with van der Waals surface area (Å²) in [7, 11) is 0. The first kappa shape index (κ1) is 19.7. The van der Waals surface area contributed by atoms with E-state index in [1.807, 2.05) is 6.08 Å². The van der Waals surface area contributed by atoms with Gasteiger partial charge < -0.3 is 5.32 Å². The number of carbonyl (C=O) groups excluding carboxylic acids is 2. The number of hydrogen-bond donors (Lipinski definition) is 2. The lowest BCUT2D eigenvalue weighted by Gasteiger charge is -2.47. The second kappa shape index (κ2) is 8.10. The molecule has 5 aliphatic rings. The van der Waals surface area contributed by atoms with E-state index in [1.54, 1.807) is 4.90 Å². The molecule has 6 unspecified atom stereocenters. The van der Waals surface area contributed by atoms with Gasteiger partial charge in [0.25, 0.3) is 11.8 Å². The molecule has 2 amide bonds. The molecule has 2 aliphatic heterocycles. The maximum Gasteiger partial charge on any atom is 0.265 e. The molecule has 2 heterocycles. The van der Waals surface area contributed by atoms with Crippen LogP contribution in [0.1, 0.15) is 70.6 Å². The van der Waals surface area contributed by atoms with E-state index in [4.69, 9.17) is 12.2 Å². The highest BCUT2D eigenvalue weighted by Gasteiger charge is 2.45. The van der Waals surface area contributed by atoms with Gasteiger partial charge in [0.1, 0.15) is 5.57 Å². The van der Waals surface area contributed by atoms with E-state index in [9.17, 15) is 9.59 Å². The van der Waals surface area contributed by atoms with Crippen LogP contribution in [-0.2, 0) is 9.59 Å². The Kier molecular flexibility index (Phi) is 5.50. The third-order valence-electron chi connectivity index (χ3n) is 8.37. The fourth-order valence-electron chi connectivity index (χ4n) is 6.98.